The molecule has 0 unspecified atom stereocenters. The zero-order valence-electron chi connectivity index (χ0n) is 19.9. The lowest BCUT2D eigenvalue weighted by Crippen LogP contribution is -2.38. The number of hydrogen-bond donors (Lipinski definition) is 0. The number of rotatable bonds is 8. The Labute approximate surface area is 208 Å². The minimum absolute atomic E-state index is 0.270. The quantitative estimate of drug-likeness (QED) is 0.321. The summed E-state index contributed by atoms with van der Waals surface area (Å²) in [6.07, 6.45) is 1.71. The van der Waals surface area contributed by atoms with Gasteiger partial charge < -0.3 is 13.7 Å². The van der Waals surface area contributed by atoms with E-state index in [4.69, 9.17) is 14.1 Å². The molecule has 1 aliphatic rings. The van der Waals surface area contributed by atoms with Gasteiger partial charge in [-0.05, 0) is 49.7 Å². The average molecular weight is 494 g/mol. The molecular weight excluding hydrogens is 465 g/mol. The highest BCUT2D eigenvalue weighted by Crippen LogP contribution is 2.29. The predicted molar refractivity (Wildman–Crippen MR) is 134 cm³/mol. The summed E-state index contributed by atoms with van der Waals surface area (Å²) >= 11 is 1.57. The SMILES string of the molecule is Cc1ccc(-c2nc(CSc3nnc(-c4ccc(F)cc4)n3CCN3CCOCC3)co2)c(C)c1. The summed E-state index contributed by atoms with van der Waals surface area (Å²) in [7, 11) is 0. The molecule has 0 N–H and O–H groups in total. The molecule has 0 bridgehead atoms. The molecule has 182 valence electrons. The monoisotopic (exact) mass is 493 g/mol. The van der Waals surface area contributed by atoms with Crippen LogP contribution in [0.2, 0.25) is 0 Å². The van der Waals surface area contributed by atoms with Gasteiger partial charge in [-0.25, -0.2) is 9.37 Å². The van der Waals surface area contributed by atoms with Crippen LogP contribution >= 0.6 is 11.8 Å². The minimum Gasteiger partial charge on any atom is -0.444 e. The van der Waals surface area contributed by atoms with Crippen molar-refractivity contribution in [1.29, 1.82) is 0 Å². The van der Waals surface area contributed by atoms with Crippen LogP contribution in [0.1, 0.15) is 16.8 Å². The minimum atomic E-state index is -0.270. The van der Waals surface area contributed by atoms with Crippen LogP contribution in [0.5, 0.6) is 0 Å². The predicted octanol–water partition coefficient (Wildman–Crippen LogP) is 4.98. The summed E-state index contributed by atoms with van der Waals surface area (Å²) in [6, 6.07) is 12.6. The molecule has 35 heavy (non-hydrogen) atoms. The van der Waals surface area contributed by atoms with Crippen molar-refractivity contribution in [3.8, 4) is 22.8 Å². The Balaban J connectivity index is 1.34. The first-order valence-corrected chi connectivity index (χ1v) is 12.7. The van der Waals surface area contributed by atoms with Gasteiger partial charge in [0.15, 0.2) is 11.0 Å². The third-order valence-corrected chi connectivity index (χ3v) is 7.08. The first-order valence-electron chi connectivity index (χ1n) is 11.7. The summed E-state index contributed by atoms with van der Waals surface area (Å²) in [5.41, 5.74) is 5.03. The number of nitrogens with zero attached hydrogens (tertiary/aromatic N) is 5. The Hall–Kier alpha value is -3.01. The summed E-state index contributed by atoms with van der Waals surface area (Å²) in [5.74, 6) is 1.69. The van der Waals surface area contributed by atoms with Crippen molar-refractivity contribution >= 4 is 11.8 Å². The summed E-state index contributed by atoms with van der Waals surface area (Å²) in [5, 5.41) is 9.71. The lowest BCUT2D eigenvalue weighted by Gasteiger charge is -2.27. The molecular formula is C26H28FN5O2S. The van der Waals surface area contributed by atoms with Gasteiger partial charge >= 0.3 is 0 Å². The van der Waals surface area contributed by atoms with E-state index in [0.29, 0.717) is 11.6 Å². The van der Waals surface area contributed by atoms with Crippen LogP contribution in [0, 0.1) is 19.7 Å². The van der Waals surface area contributed by atoms with E-state index in [1.807, 2.05) is 6.07 Å². The summed E-state index contributed by atoms with van der Waals surface area (Å²) < 4.78 is 26.9. The molecule has 0 atom stereocenters. The Morgan fingerprint density at radius 3 is 2.57 bits per heavy atom. The van der Waals surface area contributed by atoms with Gasteiger partial charge in [0, 0.05) is 43.1 Å². The number of benzene rings is 2. The van der Waals surface area contributed by atoms with E-state index >= 15 is 0 Å². The standard InChI is InChI=1S/C26H28FN5O2S/c1-18-3-8-23(19(2)15-18)25-28-22(16-34-25)17-35-26-30-29-24(20-4-6-21(27)7-5-20)32(26)10-9-31-11-13-33-14-12-31/h3-8,15-16H,9-14,17H2,1-2H3. The van der Waals surface area contributed by atoms with E-state index < -0.39 is 0 Å². The molecule has 0 amide bonds. The molecule has 7 nitrogen and oxygen atoms in total. The molecule has 2 aromatic carbocycles. The number of aromatic nitrogens is 4. The fraction of sp³-hybridized carbons (Fsp3) is 0.346. The van der Waals surface area contributed by atoms with Gasteiger partial charge in [0.05, 0.1) is 18.9 Å². The van der Waals surface area contributed by atoms with Crippen LogP contribution in [0.15, 0.2) is 58.3 Å². The molecule has 0 radical (unpaired) electrons. The van der Waals surface area contributed by atoms with Gasteiger partial charge in [-0.1, -0.05) is 29.5 Å². The molecule has 3 heterocycles. The van der Waals surface area contributed by atoms with Crippen molar-refractivity contribution < 1.29 is 13.5 Å². The number of hydrogen-bond acceptors (Lipinski definition) is 7. The number of oxazole rings is 1. The van der Waals surface area contributed by atoms with Crippen LogP contribution in [0.3, 0.4) is 0 Å². The molecule has 0 saturated carbocycles. The van der Waals surface area contributed by atoms with Crippen LogP contribution in [-0.2, 0) is 17.0 Å². The van der Waals surface area contributed by atoms with Crippen molar-refractivity contribution in [1.82, 2.24) is 24.6 Å². The first kappa shape index (κ1) is 23.7. The number of ether oxygens (including phenoxy) is 1. The number of halogens is 1. The van der Waals surface area contributed by atoms with E-state index in [0.717, 1.165) is 72.8 Å². The zero-order chi connectivity index (χ0) is 24.2. The molecule has 5 rings (SSSR count). The molecule has 1 fully saturated rings. The Morgan fingerprint density at radius 2 is 1.80 bits per heavy atom. The van der Waals surface area contributed by atoms with E-state index in [1.54, 1.807) is 30.2 Å². The molecule has 1 saturated heterocycles. The Bertz CT molecular complexity index is 1280. The lowest BCUT2D eigenvalue weighted by molar-refractivity contribution is 0.0361. The van der Waals surface area contributed by atoms with Crippen molar-refractivity contribution in [2.45, 2.75) is 31.3 Å². The molecule has 0 spiro atoms. The number of morpholine rings is 1. The second kappa shape index (κ2) is 10.7. The molecule has 2 aromatic heterocycles. The maximum absolute atomic E-state index is 13.5. The second-order valence-electron chi connectivity index (χ2n) is 8.67. The average Bonchev–Trinajstić information content (AvgIpc) is 3.49. The molecule has 1 aliphatic heterocycles. The summed E-state index contributed by atoms with van der Waals surface area (Å²) in [4.78, 5) is 7.08. The van der Waals surface area contributed by atoms with Gasteiger partial charge in [-0.3, -0.25) is 4.90 Å². The topological polar surface area (TPSA) is 69.2 Å². The fourth-order valence-corrected chi connectivity index (χ4v) is 5.01. The van der Waals surface area contributed by atoms with Crippen molar-refractivity contribution in [2.24, 2.45) is 0 Å². The van der Waals surface area contributed by atoms with E-state index in [2.05, 4.69) is 45.6 Å². The molecule has 0 aliphatic carbocycles. The van der Waals surface area contributed by atoms with Gasteiger partial charge in [0.1, 0.15) is 12.1 Å². The zero-order valence-corrected chi connectivity index (χ0v) is 20.7. The summed E-state index contributed by atoms with van der Waals surface area (Å²) in [6.45, 7) is 9.07. The molecule has 9 heteroatoms. The highest BCUT2D eigenvalue weighted by molar-refractivity contribution is 7.98. The van der Waals surface area contributed by atoms with Crippen LogP contribution in [0.4, 0.5) is 4.39 Å². The largest absolute Gasteiger partial charge is 0.444 e. The smallest absolute Gasteiger partial charge is 0.226 e. The molecule has 4 aromatic rings. The van der Waals surface area contributed by atoms with Gasteiger partial charge in [-0.2, -0.15) is 0 Å². The number of thioether (sulfide) groups is 1. The first-order chi connectivity index (χ1) is 17.1. The van der Waals surface area contributed by atoms with Gasteiger partial charge in [-0.15, -0.1) is 10.2 Å². The van der Waals surface area contributed by atoms with Crippen molar-refractivity contribution in [2.75, 3.05) is 32.8 Å². The van der Waals surface area contributed by atoms with Gasteiger partial charge in [0.25, 0.3) is 0 Å². The third kappa shape index (κ3) is 5.63. The Morgan fingerprint density at radius 1 is 1.00 bits per heavy atom. The fourth-order valence-electron chi connectivity index (χ4n) is 4.16. The normalized spacial score (nSPS) is 14.5. The second-order valence-corrected chi connectivity index (χ2v) is 9.61. The maximum atomic E-state index is 13.5. The maximum Gasteiger partial charge on any atom is 0.226 e. The van der Waals surface area contributed by atoms with E-state index in [-0.39, 0.29) is 5.82 Å². The van der Waals surface area contributed by atoms with Crippen LogP contribution in [-0.4, -0.2) is 57.5 Å². The van der Waals surface area contributed by atoms with Crippen molar-refractivity contribution in [3.63, 3.8) is 0 Å². The van der Waals surface area contributed by atoms with Gasteiger partial charge in [0.2, 0.25) is 5.89 Å². The highest BCUT2D eigenvalue weighted by Gasteiger charge is 2.18. The Kier molecular flexibility index (Phi) is 7.26. The highest BCUT2D eigenvalue weighted by atomic mass is 32.2. The third-order valence-electron chi connectivity index (χ3n) is 6.08. The lowest BCUT2D eigenvalue weighted by atomic mass is 10.1. The number of aryl methyl sites for hydroxylation is 2. The van der Waals surface area contributed by atoms with E-state index in [1.165, 1.54) is 17.7 Å². The van der Waals surface area contributed by atoms with E-state index in [9.17, 15) is 4.39 Å². The van der Waals surface area contributed by atoms with Crippen LogP contribution in [0.25, 0.3) is 22.8 Å². The van der Waals surface area contributed by atoms with Crippen molar-refractivity contribution in [3.05, 3.63) is 71.4 Å². The van der Waals surface area contributed by atoms with Crippen LogP contribution < -0.4 is 0 Å².